The van der Waals surface area contributed by atoms with Crippen molar-refractivity contribution in [2.45, 2.75) is 58.5 Å². The van der Waals surface area contributed by atoms with Crippen molar-refractivity contribution in [3.63, 3.8) is 0 Å². The number of hydrogen-bond donors (Lipinski definition) is 1. The lowest BCUT2D eigenvalue weighted by Gasteiger charge is -2.38. The monoisotopic (exact) mass is 636 g/mol. The first-order chi connectivity index (χ1) is 22.2. The van der Waals surface area contributed by atoms with E-state index in [9.17, 15) is 23.1 Å². The van der Waals surface area contributed by atoms with Crippen molar-refractivity contribution in [1.82, 2.24) is 19.7 Å². The number of aryl methyl sites for hydroxylation is 1. The average Bonchev–Trinajstić information content (AvgIpc) is 3.48. The summed E-state index contributed by atoms with van der Waals surface area (Å²) < 4.78 is 62.4. The first-order valence-corrected chi connectivity index (χ1v) is 15.3. The van der Waals surface area contributed by atoms with Gasteiger partial charge in [-0.2, -0.15) is 23.0 Å². The summed E-state index contributed by atoms with van der Waals surface area (Å²) in [4.78, 5) is 18.7. The second-order valence-electron chi connectivity index (χ2n) is 11.4. The van der Waals surface area contributed by atoms with Gasteiger partial charge in [-0.25, -0.2) is 9.78 Å². The smallest absolute Gasteiger partial charge is 0.417 e. The molecular formula is C34H35F3N4O5. The zero-order valence-electron chi connectivity index (χ0n) is 25.6. The molecule has 6 rings (SSSR count). The number of fused-ring (bicyclic) bond motifs is 1. The van der Waals surface area contributed by atoms with Crippen molar-refractivity contribution in [2.24, 2.45) is 0 Å². The molecule has 0 saturated carbocycles. The number of halogens is 3. The van der Waals surface area contributed by atoms with Crippen LogP contribution >= 0.6 is 0 Å². The number of pyridine rings is 1. The predicted molar refractivity (Wildman–Crippen MR) is 163 cm³/mol. The van der Waals surface area contributed by atoms with E-state index in [2.05, 4.69) is 10.00 Å². The number of ether oxygens (including phenoxy) is 3. The highest BCUT2D eigenvalue weighted by Crippen LogP contribution is 2.40. The van der Waals surface area contributed by atoms with E-state index < -0.39 is 17.7 Å². The van der Waals surface area contributed by atoms with Gasteiger partial charge in [0.25, 0.3) is 0 Å². The van der Waals surface area contributed by atoms with E-state index in [1.807, 2.05) is 25.1 Å². The van der Waals surface area contributed by atoms with Gasteiger partial charge < -0.3 is 19.3 Å². The molecule has 0 bridgehead atoms. The maximum atomic E-state index is 14.6. The molecule has 46 heavy (non-hydrogen) atoms. The third-order valence-corrected chi connectivity index (χ3v) is 8.56. The van der Waals surface area contributed by atoms with Gasteiger partial charge in [0, 0.05) is 43.5 Å². The highest BCUT2D eigenvalue weighted by atomic mass is 19.4. The van der Waals surface area contributed by atoms with Gasteiger partial charge >= 0.3 is 12.1 Å². The summed E-state index contributed by atoms with van der Waals surface area (Å²) in [5.41, 5.74) is 2.21. The Hall–Kier alpha value is -4.42. The molecule has 0 aliphatic carbocycles. The van der Waals surface area contributed by atoms with Crippen molar-refractivity contribution in [3.05, 3.63) is 88.1 Å². The molecule has 2 aromatic carbocycles. The lowest BCUT2D eigenvalue weighted by Crippen LogP contribution is -2.42. The van der Waals surface area contributed by atoms with Crippen LogP contribution < -0.4 is 9.47 Å². The van der Waals surface area contributed by atoms with Gasteiger partial charge in [-0.1, -0.05) is 30.3 Å². The Kier molecular flexibility index (Phi) is 9.01. The van der Waals surface area contributed by atoms with Gasteiger partial charge in [-0.15, -0.1) is 0 Å². The van der Waals surface area contributed by atoms with Crippen LogP contribution in [0.25, 0.3) is 17.1 Å². The summed E-state index contributed by atoms with van der Waals surface area (Å²) in [6.45, 7) is 5.93. The third-order valence-electron chi connectivity index (χ3n) is 8.56. The number of benzene rings is 2. The molecule has 0 spiro atoms. The van der Waals surface area contributed by atoms with E-state index in [4.69, 9.17) is 19.2 Å². The number of alkyl halides is 3. The molecule has 1 N–H and O–H groups in total. The predicted octanol–water partition coefficient (Wildman–Crippen LogP) is 6.47. The maximum Gasteiger partial charge on any atom is 0.417 e. The van der Waals surface area contributed by atoms with E-state index in [-0.39, 0.29) is 30.2 Å². The molecule has 0 unspecified atom stereocenters. The number of aromatic nitrogens is 3. The van der Waals surface area contributed by atoms with Gasteiger partial charge in [0.2, 0.25) is 5.88 Å². The van der Waals surface area contributed by atoms with Crippen LogP contribution in [0.15, 0.2) is 54.7 Å². The lowest BCUT2D eigenvalue weighted by molar-refractivity contribution is -0.139. The SMILES string of the molecule is CCOc1c(C(=O)O)cnn1-c1cccc(-c2cccc(C)c2OCc2ccc3c(c2C(F)(F)F)CCN(C2CCOCC2)C3)n1. The Morgan fingerprint density at radius 3 is 2.61 bits per heavy atom. The fourth-order valence-corrected chi connectivity index (χ4v) is 6.37. The number of nitrogens with zero attached hydrogens (tertiary/aromatic N) is 4. The molecule has 2 aliphatic heterocycles. The van der Waals surface area contributed by atoms with Crippen LogP contribution in [0, 0.1) is 6.92 Å². The zero-order valence-corrected chi connectivity index (χ0v) is 25.6. The van der Waals surface area contributed by atoms with Crippen LogP contribution in [-0.2, 0) is 30.5 Å². The number of carboxylic acids is 1. The quantitative estimate of drug-likeness (QED) is 0.223. The Morgan fingerprint density at radius 1 is 1.09 bits per heavy atom. The summed E-state index contributed by atoms with van der Waals surface area (Å²) in [7, 11) is 0. The summed E-state index contributed by atoms with van der Waals surface area (Å²) in [5.74, 6) is -0.425. The van der Waals surface area contributed by atoms with Gasteiger partial charge in [0.1, 0.15) is 17.9 Å². The van der Waals surface area contributed by atoms with Crippen molar-refractivity contribution < 1.29 is 37.3 Å². The Balaban J connectivity index is 1.30. The first kappa shape index (κ1) is 31.6. The highest BCUT2D eigenvalue weighted by molar-refractivity contribution is 5.90. The van der Waals surface area contributed by atoms with E-state index in [1.165, 1.54) is 10.9 Å². The average molecular weight is 637 g/mol. The van der Waals surface area contributed by atoms with Crippen LogP contribution in [0.2, 0.25) is 0 Å². The van der Waals surface area contributed by atoms with Gasteiger partial charge in [-0.05, 0) is 68.0 Å². The van der Waals surface area contributed by atoms with Gasteiger partial charge in [0.05, 0.1) is 24.1 Å². The fraction of sp³-hybridized carbons (Fsp3) is 0.382. The maximum absolute atomic E-state index is 14.6. The van der Waals surface area contributed by atoms with Crippen LogP contribution in [-0.4, -0.2) is 63.1 Å². The third kappa shape index (κ3) is 6.32. The number of carboxylic acid groups (broad SMARTS) is 1. The Bertz CT molecular complexity index is 1730. The van der Waals surface area contributed by atoms with Crippen molar-refractivity contribution >= 4 is 5.97 Å². The molecule has 9 nitrogen and oxygen atoms in total. The number of carbonyl (C=O) groups is 1. The minimum Gasteiger partial charge on any atom is -0.488 e. The molecule has 12 heteroatoms. The van der Waals surface area contributed by atoms with Crippen molar-refractivity contribution in [1.29, 1.82) is 0 Å². The zero-order chi connectivity index (χ0) is 32.4. The van der Waals surface area contributed by atoms with Crippen LogP contribution in [0.3, 0.4) is 0 Å². The summed E-state index contributed by atoms with van der Waals surface area (Å²) in [6.07, 6.45) is -1.23. The fourth-order valence-electron chi connectivity index (χ4n) is 6.37. The van der Waals surface area contributed by atoms with Crippen molar-refractivity contribution in [2.75, 3.05) is 26.4 Å². The van der Waals surface area contributed by atoms with Crippen LogP contribution in [0.4, 0.5) is 13.2 Å². The highest BCUT2D eigenvalue weighted by Gasteiger charge is 2.39. The van der Waals surface area contributed by atoms with Gasteiger partial charge in [0.15, 0.2) is 5.82 Å². The van der Waals surface area contributed by atoms with Crippen molar-refractivity contribution in [3.8, 4) is 28.7 Å². The number of aromatic carboxylic acids is 1. The topological polar surface area (TPSA) is 98.9 Å². The minimum absolute atomic E-state index is 0.0448. The Labute approximate surface area is 264 Å². The molecule has 1 fully saturated rings. The second-order valence-corrected chi connectivity index (χ2v) is 11.4. The van der Waals surface area contributed by atoms with E-state index >= 15 is 0 Å². The van der Waals surface area contributed by atoms with E-state index in [1.54, 1.807) is 37.3 Å². The summed E-state index contributed by atoms with van der Waals surface area (Å²) in [6, 6.07) is 14.2. The van der Waals surface area contributed by atoms with Gasteiger partial charge in [-0.3, -0.25) is 4.90 Å². The summed E-state index contributed by atoms with van der Waals surface area (Å²) in [5, 5.41) is 13.7. The molecule has 1 saturated heterocycles. The number of para-hydroxylation sites is 1. The summed E-state index contributed by atoms with van der Waals surface area (Å²) >= 11 is 0. The second kappa shape index (κ2) is 13.1. The standard InChI is InChI=1S/C34H35F3N4O5/c1-3-45-32-27(33(42)43)18-38-41(32)29-9-5-8-28(39-29)26-7-4-6-21(2)31(26)46-20-23-11-10-22-19-40(24-13-16-44-17-14-24)15-12-25(22)30(23)34(35,36)37/h4-11,18,24H,3,12-17,19-20H2,1-2H3,(H,42,43). The molecule has 0 amide bonds. The molecule has 0 atom stereocenters. The molecule has 4 aromatic rings. The molecule has 4 heterocycles. The number of rotatable bonds is 9. The van der Waals surface area contributed by atoms with E-state index in [0.717, 1.165) is 18.4 Å². The molecule has 2 aromatic heterocycles. The Morgan fingerprint density at radius 2 is 1.87 bits per heavy atom. The normalized spacial score (nSPS) is 15.8. The molecular weight excluding hydrogens is 601 g/mol. The van der Waals surface area contributed by atoms with Crippen LogP contribution in [0.5, 0.6) is 11.6 Å². The minimum atomic E-state index is -4.54. The first-order valence-electron chi connectivity index (χ1n) is 15.3. The molecule has 2 aliphatic rings. The van der Waals surface area contributed by atoms with Crippen LogP contribution in [0.1, 0.15) is 57.9 Å². The molecule has 0 radical (unpaired) electrons. The number of hydrogen-bond acceptors (Lipinski definition) is 7. The lowest BCUT2D eigenvalue weighted by atomic mass is 9.89. The largest absolute Gasteiger partial charge is 0.488 e. The van der Waals surface area contributed by atoms with E-state index in [0.29, 0.717) is 72.7 Å². The molecule has 242 valence electrons.